The molecule has 112 valence electrons. The van der Waals surface area contributed by atoms with Crippen LogP contribution >= 0.6 is 0 Å². The first-order valence-electron chi connectivity index (χ1n) is 8.27. The van der Waals surface area contributed by atoms with E-state index in [-0.39, 0.29) is 0 Å². The summed E-state index contributed by atoms with van der Waals surface area (Å²) in [5.41, 5.74) is 0. The van der Waals surface area contributed by atoms with E-state index in [9.17, 15) is 0 Å². The summed E-state index contributed by atoms with van der Waals surface area (Å²) in [6, 6.07) is 15.4. The highest BCUT2D eigenvalue weighted by molar-refractivity contribution is 5.88. The number of nitrogens with one attached hydrogen (secondary N) is 1. The largest absolute Gasteiger partial charge is 0.492 e. The number of fused-ring (bicyclic) bond motifs is 1. The van der Waals surface area contributed by atoms with E-state index in [1.54, 1.807) is 0 Å². The number of ether oxygens (including phenoxy) is 1. The SMILES string of the molecule is c1ccc2c(OCCNC3CCCCCC3)cccc2c1. The molecule has 1 aliphatic carbocycles. The normalized spacial score (nSPS) is 16.8. The fraction of sp³-hybridized carbons (Fsp3) is 0.474. The van der Waals surface area contributed by atoms with Crippen molar-refractivity contribution in [2.45, 2.75) is 44.6 Å². The molecule has 2 aromatic rings. The summed E-state index contributed by atoms with van der Waals surface area (Å²) in [6.45, 7) is 1.68. The Morgan fingerprint density at radius 3 is 2.52 bits per heavy atom. The fourth-order valence-corrected chi connectivity index (χ4v) is 3.23. The molecule has 1 N–H and O–H groups in total. The molecule has 1 fully saturated rings. The van der Waals surface area contributed by atoms with Crippen LogP contribution in [0.15, 0.2) is 42.5 Å². The second-order valence-corrected chi connectivity index (χ2v) is 5.97. The Bertz CT molecular complexity index is 553. The maximum absolute atomic E-state index is 5.98. The van der Waals surface area contributed by atoms with Crippen molar-refractivity contribution in [3.8, 4) is 5.75 Å². The lowest BCUT2D eigenvalue weighted by molar-refractivity contribution is 0.303. The highest BCUT2D eigenvalue weighted by atomic mass is 16.5. The molecule has 0 aromatic heterocycles. The Morgan fingerprint density at radius 2 is 1.67 bits per heavy atom. The van der Waals surface area contributed by atoms with E-state index in [1.165, 1.54) is 49.3 Å². The summed E-state index contributed by atoms with van der Waals surface area (Å²) in [7, 11) is 0. The minimum absolute atomic E-state index is 0.698. The second kappa shape index (κ2) is 7.46. The van der Waals surface area contributed by atoms with Crippen molar-refractivity contribution in [1.29, 1.82) is 0 Å². The summed E-state index contributed by atoms with van der Waals surface area (Å²) < 4.78 is 5.98. The van der Waals surface area contributed by atoms with Gasteiger partial charge in [-0.15, -0.1) is 0 Å². The third-order valence-corrected chi connectivity index (χ3v) is 4.40. The minimum atomic E-state index is 0.698. The van der Waals surface area contributed by atoms with Crippen molar-refractivity contribution in [3.63, 3.8) is 0 Å². The predicted molar refractivity (Wildman–Crippen MR) is 88.9 cm³/mol. The van der Waals surface area contributed by atoms with Gasteiger partial charge in [0, 0.05) is 18.0 Å². The molecule has 3 rings (SSSR count). The van der Waals surface area contributed by atoms with Crippen LogP contribution in [0.5, 0.6) is 5.75 Å². The Balaban J connectivity index is 1.50. The topological polar surface area (TPSA) is 21.3 Å². The van der Waals surface area contributed by atoms with E-state index in [2.05, 4.69) is 47.8 Å². The average Bonchev–Trinajstić information content (AvgIpc) is 2.80. The van der Waals surface area contributed by atoms with Crippen LogP contribution in [0.1, 0.15) is 38.5 Å². The van der Waals surface area contributed by atoms with E-state index in [0.29, 0.717) is 6.04 Å². The molecule has 2 nitrogen and oxygen atoms in total. The van der Waals surface area contributed by atoms with Crippen LogP contribution in [0.2, 0.25) is 0 Å². The van der Waals surface area contributed by atoms with Gasteiger partial charge in [0.05, 0.1) is 0 Å². The van der Waals surface area contributed by atoms with Crippen molar-refractivity contribution in [2.24, 2.45) is 0 Å². The van der Waals surface area contributed by atoms with E-state index >= 15 is 0 Å². The smallest absolute Gasteiger partial charge is 0.127 e. The summed E-state index contributed by atoms with van der Waals surface area (Å²) in [5, 5.41) is 6.10. The van der Waals surface area contributed by atoms with Gasteiger partial charge in [-0.2, -0.15) is 0 Å². The Kier molecular flexibility index (Phi) is 5.12. The molecule has 0 unspecified atom stereocenters. The zero-order chi connectivity index (χ0) is 14.3. The van der Waals surface area contributed by atoms with Gasteiger partial charge in [0.15, 0.2) is 0 Å². The zero-order valence-corrected chi connectivity index (χ0v) is 12.7. The van der Waals surface area contributed by atoms with Crippen molar-refractivity contribution in [1.82, 2.24) is 5.32 Å². The van der Waals surface area contributed by atoms with Gasteiger partial charge in [-0.25, -0.2) is 0 Å². The molecule has 0 atom stereocenters. The molecule has 1 aliphatic rings. The van der Waals surface area contributed by atoms with Crippen molar-refractivity contribution >= 4 is 10.8 Å². The highest BCUT2D eigenvalue weighted by Crippen LogP contribution is 2.25. The van der Waals surface area contributed by atoms with Crippen LogP contribution in [0, 0.1) is 0 Å². The molecule has 1 saturated carbocycles. The lowest BCUT2D eigenvalue weighted by Gasteiger charge is -2.16. The van der Waals surface area contributed by atoms with Crippen LogP contribution in [-0.2, 0) is 0 Å². The molecule has 0 bridgehead atoms. The van der Waals surface area contributed by atoms with Gasteiger partial charge in [-0.3, -0.25) is 0 Å². The highest BCUT2D eigenvalue weighted by Gasteiger charge is 2.11. The second-order valence-electron chi connectivity index (χ2n) is 5.97. The molecule has 2 aromatic carbocycles. The molecule has 0 amide bonds. The van der Waals surface area contributed by atoms with Crippen molar-refractivity contribution in [2.75, 3.05) is 13.2 Å². The molecular weight excluding hydrogens is 258 g/mol. The quantitative estimate of drug-likeness (QED) is 0.643. The number of hydrogen-bond donors (Lipinski definition) is 1. The summed E-state index contributed by atoms with van der Waals surface area (Å²) >= 11 is 0. The van der Waals surface area contributed by atoms with Crippen LogP contribution in [-0.4, -0.2) is 19.2 Å². The van der Waals surface area contributed by atoms with E-state index < -0.39 is 0 Å². The number of hydrogen-bond acceptors (Lipinski definition) is 2. The Hall–Kier alpha value is -1.54. The molecule has 21 heavy (non-hydrogen) atoms. The lowest BCUT2D eigenvalue weighted by atomic mass is 10.1. The maximum Gasteiger partial charge on any atom is 0.127 e. The summed E-state index contributed by atoms with van der Waals surface area (Å²) in [4.78, 5) is 0. The third kappa shape index (κ3) is 3.98. The van der Waals surface area contributed by atoms with Gasteiger partial charge in [-0.05, 0) is 24.3 Å². The first kappa shape index (κ1) is 14.4. The van der Waals surface area contributed by atoms with Gasteiger partial charge in [0.25, 0.3) is 0 Å². The molecule has 0 spiro atoms. The lowest BCUT2D eigenvalue weighted by Crippen LogP contribution is -2.32. The number of benzene rings is 2. The minimum Gasteiger partial charge on any atom is -0.492 e. The molecule has 0 radical (unpaired) electrons. The third-order valence-electron chi connectivity index (χ3n) is 4.40. The predicted octanol–water partition coefficient (Wildman–Crippen LogP) is 4.53. The van der Waals surface area contributed by atoms with Crippen molar-refractivity contribution < 1.29 is 4.74 Å². The van der Waals surface area contributed by atoms with Crippen LogP contribution in [0.25, 0.3) is 10.8 Å². The molecule has 0 heterocycles. The zero-order valence-electron chi connectivity index (χ0n) is 12.7. The standard InChI is InChI=1S/C19H25NO/c1-2-4-11-17(10-3-1)20-14-15-21-19-13-7-9-16-8-5-6-12-18(16)19/h5-9,12-13,17,20H,1-4,10-11,14-15H2. The molecule has 0 aliphatic heterocycles. The Morgan fingerprint density at radius 1 is 0.905 bits per heavy atom. The van der Waals surface area contributed by atoms with Crippen molar-refractivity contribution in [3.05, 3.63) is 42.5 Å². The van der Waals surface area contributed by atoms with Crippen LogP contribution in [0.4, 0.5) is 0 Å². The van der Waals surface area contributed by atoms with Gasteiger partial charge in [-0.1, -0.05) is 62.1 Å². The first-order valence-corrected chi connectivity index (χ1v) is 8.27. The van der Waals surface area contributed by atoms with Crippen LogP contribution in [0.3, 0.4) is 0 Å². The van der Waals surface area contributed by atoms with E-state index in [0.717, 1.165) is 18.9 Å². The Labute approximate surface area is 127 Å². The fourth-order valence-electron chi connectivity index (χ4n) is 3.23. The maximum atomic E-state index is 5.98. The van der Waals surface area contributed by atoms with Gasteiger partial charge in [0.1, 0.15) is 12.4 Å². The van der Waals surface area contributed by atoms with Gasteiger partial charge < -0.3 is 10.1 Å². The average molecular weight is 283 g/mol. The van der Waals surface area contributed by atoms with E-state index in [1.807, 2.05) is 0 Å². The molecular formula is C19H25NO. The summed E-state index contributed by atoms with van der Waals surface area (Å²) in [5.74, 6) is 0.996. The number of rotatable bonds is 5. The van der Waals surface area contributed by atoms with Gasteiger partial charge in [0.2, 0.25) is 0 Å². The van der Waals surface area contributed by atoms with E-state index in [4.69, 9.17) is 4.74 Å². The molecule has 0 saturated heterocycles. The monoisotopic (exact) mass is 283 g/mol. The van der Waals surface area contributed by atoms with Crippen LogP contribution < -0.4 is 10.1 Å². The molecule has 2 heteroatoms. The van der Waals surface area contributed by atoms with Gasteiger partial charge >= 0.3 is 0 Å². The summed E-state index contributed by atoms with van der Waals surface area (Å²) in [6.07, 6.45) is 8.22. The first-order chi connectivity index (χ1) is 10.4.